The van der Waals surface area contributed by atoms with E-state index < -0.39 is 0 Å². The number of nitrogens with zero attached hydrogens (tertiary/aromatic N) is 1. The molecule has 0 unspecified atom stereocenters. The first-order valence-electron chi connectivity index (χ1n) is 5.57. The van der Waals surface area contributed by atoms with Crippen LogP contribution in [0.2, 0.25) is 0 Å². The van der Waals surface area contributed by atoms with Crippen molar-refractivity contribution in [3.8, 4) is 0 Å². The van der Waals surface area contributed by atoms with Gasteiger partial charge < -0.3 is 10.0 Å². The zero-order valence-corrected chi connectivity index (χ0v) is 9.42. The van der Waals surface area contributed by atoms with E-state index in [1.807, 2.05) is 0 Å². The van der Waals surface area contributed by atoms with Gasteiger partial charge >= 0.3 is 0 Å². The smallest absolute Gasteiger partial charge is 0.0431 e. The van der Waals surface area contributed by atoms with Crippen LogP contribution in [0.1, 0.15) is 46.5 Å². The van der Waals surface area contributed by atoms with Crippen molar-refractivity contribution in [2.45, 2.75) is 52.5 Å². The summed E-state index contributed by atoms with van der Waals surface area (Å²) < 4.78 is 0. The van der Waals surface area contributed by atoms with Crippen molar-refractivity contribution in [2.24, 2.45) is 0 Å². The minimum absolute atomic E-state index is 0.349. The molecule has 0 atom stereocenters. The standard InChI is InChI=1S/C11H25NO/c1-4-12(11(2)3)9-7-5-6-8-10-13/h11,13H,4-10H2,1-3H3. The fraction of sp³-hybridized carbons (Fsp3) is 1.00. The van der Waals surface area contributed by atoms with Crippen molar-refractivity contribution < 1.29 is 5.11 Å². The second-order valence-electron chi connectivity index (χ2n) is 3.86. The predicted molar refractivity (Wildman–Crippen MR) is 57.9 cm³/mol. The van der Waals surface area contributed by atoms with E-state index in [1.165, 1.54) is 25.8 Å². The molecule has 0 rings (SSSR count). The van der Waals surface area contributed by atoms with Crippen LogP contribution in [0.15, 0.2) is 0 Å². The van der Waals surface area contributed by atoms with Crippen LogP contribution in [0.3, 0.4) is 0 Å². The van der Waals surface area contributed by atoms with Crippen LogP contribution in [0, 0.1) is 0 Å². The van der Waals surface area contributed by atoms with Gasteiger partial charge in [-0.05, 0) is 39.8 Å². The van der Waals surface area contributed by atoms with E-state index in [4.69, 9.17) is 5.11 Å². The molecule has 1 N–H and O–H groups in total. The molecule has 0 amide bonds. The highest BCUT2D eigenvalue weighted by Gasteiger charge is 2.04. The van der Waals surface area contributed by atoms with Crippen LogP contribution in [0.25, 0.3) is 0 Å². The number of hydrogen-bond acceptors (Lipinski definition) is 2. The molecule has 80 valence electrons. The molecule has 0 spiro atoms. The first kappa shape index (κ1) is 12.9. The summed E-state index contributed by atoms with van der Waals surface area (Å²) in [7, 11) is 0. The lowest BCUT2D eigenvalue weighted by molar-refractivity contribution is 0.226. The third kappa shape index (κ3) is 7.03. The zero-order chi connectivity index (χ0) is 10.1. The Labute approximate surface area is 82.9 Å². The summed E-state index contributed by atoms with van der Waals surface area (Å²) in [6.45, 7) is 9.42. The van der Waals surface area contributed by atoms with Crippen LogP contribution in [0.4, 0.5) is 0 Å². The van der Waals surface area contributed by atoms with E-state index in [2.05, 4.69) is 25.7 Å². The molecule has 0 bridgehead atoms. The molecule has 0 aliphatic rings. The van der Waals surface area contributed by atoms with Crippen molar-refractivity contribution in [3.05, 3.63) is 0 Å². The lowest BCUT2D eigenvalue weighted by Crippen LogP contribution is -2.31. The molecule has 0 aliphatic carbocycles. The molecule has 0 aliphatic heterocycles. The van der Waals surface area contributed by atoms with Crippen molar-refractivity contribution >= 4 is 0 Å². The molecule has 0 aromatic carbocycles. The SMILES string of the molecule is CCN(CCCCCCO)C(C)C. The number of rotatable bonds is 8. The molecular weight excluding hydrogens is 162 g/mol. The topological polar surface area (TPSA) is 23.5 Å². The van der Waals surface area contributed by atoms with Gasteiger partial charge in [0.2, 0.25) is 0 Å². The maximum Gasteiger partial charge on any atom is 0.0431 e. The lowest BCUT2D eigenvalue weighted by Gasteiger charge is -2.24. The monoisotopic (exact) mass is 187 g/mol. The van der Waals surface area contributed by atoms with Gasteiger partial charge in [-0.15, -0.1) is 0 Å². The third-order valence-corrected chi connectivity index (χ3v) is 2.49. The summed E-state index contributed by atoms with van der Waals surface area (Å²) in [6.07, 6.45) is 4.66. The second-order valence-corrected chi connectivity index (χ2v) is 3.86. The highest BCUT2D eigenvalue weighted by molar-refractivity contribution is 4.60. The van der Waals surface area contributed by atoms with Gasteiger partial charge in [-0.1, -0.05) is 19.8 Å². The van der Waals surface area contributed by atoms with Crippen LogP contribution >= 0.6 is 0 Å². The maximum atomic E-state index is 8.60. The van der Waals surface area contributed by atoms with Gasteiger partial charge in [0.1, 0.15) is 0 Å². The molecule has 0 saturated carbocycles. The molecular formula is C11H25NO. The average Bonchev–Trinajstić information content (AvgIpc) is 2.10. The highest BCUT2D eigenvalue weighted by Crippen LogP contribution is 2.04. The Morgan fingerprint density at radius 2 is 1.69 bits per heavy atom. The van der Waals surface area contributed by atoms with Gasteiger partial charge in [-0.25, -0.2) is 0 Å². The van der Waals surface area contributed by atoms with Crippen LogP contribution in [-0.2, 0) is 0 Å². The van der Waals surface area contributed by atoms with E-state index in [9.17, 15) is 0 Å². The molecule has 0 fully saturated rings. The molecule has 0 radical (unpaired) electrons. The summed E-state index contributed by atoms with van der Waals surface area (Å²) in [6, 6.07) is 0.669. The van der Waals surface area contributed by atoms with E-state index in [0.717, 1.165) is 13.0 Å². The molecule has 0 aromatic heterocycles. The first-order valence-corrected chi connectivity index (χ1v) is 5.57. The summed E-state index contributed by atoms with van der Waals surface area (Å²) in [5.41, 5.74) is 0. The van der Waals surface area contributed by atoms with Gasteiger partial charge in [0.15, 0.2) is 0 Å². The largest absolute Gasteiger partial charge is 0.396 e. The van der Waals surface area contributed by atoms with Crippen LogP contribution in [-0.4, -0.2) is 35.7 Å². The Morgan fingerprint density at radius 1 is 1.08 bits per heavy atom. The summed E-state index contributed by atoms with van der Waals surface area (Å²) in [4.78, 5) is 2.49. The summed E-state index contributed by atoms with van der Waals surface area (Å²) in [5, 5.41) is 8.60. The Bertz CT molecular complexity index is 104. The quantitative estimate of drug-likeness (QED) is 0.589. The van der Waals surface area contributed by atoms with Crippen molar-refractivity contribution in [3.63, 3.8) is 0 Å². The van der Waals surface area contributed by atoms with E-state index in [0.29, 0.717) is 12.6 Å². The number of unbranched alkanes of at least 4 members (excludes halogenated alkanes) is 3. The molecule has 0 heterocycles. The first-order chi connectivity index (χ1) is 6.22. The Morgan fingerprint density at radius 3 is 2.15 bits per heavy atom. The van der Waals surface area contributed by atoms with Crippen LogP contribution in [0.5, 0.6) is 0 Å². The molecule has 2 nitrogen and oxygen atoms in total. The summed E-state index contributed by atoms with van der Waals surface area (Å²) >= 11 is 0. The van der Waals surface area contributed by atoms with Crippen molar-refractivity contribution in [1.29, 1.82) is 0 Å². The summed E-state index contributed by atoms with van der Waals surface area (Å²) in [5.74, 6) is 0. The second kappa shape index (κ2) is 8.52. The number of aliphatic hydroxyl groups is 1. The molecule has 13 heavy (non-hydrogen) atoms. The van der Waals surface area contributed by atoms with E-state index in [-0.39, 0.29) is 0 Å². The Hall–Kier alpha value is -0.0800. The van der Waals surface area contributed by atoms with Crippen molar-refractivity contribution in [1.82, 2.24) is 4.90 Å². The minimum Gasteiger partial charge on any atom is -0.396 e. The van der Waals surface area contributed by atoms with Gasteiger partial charge in [0, 0.05) is 12.6 Å². The van der Waals surface area contributed by atoms with Crippen LogP contribution < -0.4 is 0 Å². The van der Waals surface area contributed by atoms with Gasteiger partial charge in [0.25, 0.3) is 0 Å². The van der Waals surface area contributed by atoms with E-state index in [1.54, 1.807) is 0 Å². The fourth-order valence-corrected chi connectivity index (χ4v) is 1.56. The normalized spacial score (nSPS) is 11.5. The number of aliphatic hydroxyl groups excluding tert-OH is 1. The maximum absolute atomic E-state index is 8.60. The van der Waals surface area contributed by atoms with Crippen molar-refractivity contribution in [2.75, 3.05) is 19.7 Å². The lowest BCUT2D eigenvalue weighted by atomic mass is 10.2. The van der Waals surface area contributed by atoms with E-state index >= 15 is 0 Å². The zero-order valence-electron chi connectivity index (χ0n) is 9.42. The Kier molecular flexibility index (Phi) is 8.46. The fourth-order valence-electron chi connectivity index (χ4n) is 1.56. The van der Waals surface area contributed by atoms with Gasteiger partial charge in [-0.3, -0.25) is 0 Å². The third-order valence-electron chi connectivity index (χ3n) is 2.49. The van der Waals surface area contributed by atoms with Gasteiger partial charge in [-0.2, -0.15) is 0 Å². The molecule has 0 saturated heterocycles. The predicted octanol–water partition coefficient (Wildman–Crippen LogP) is 2.27. The number of hydrogen-bond donors (Lipinski definition) is 1. The highest BCUT2D eigenvalue weighted by atomic mass is 16.2. The van der Waals surface area contributed by atoms with Gasteiger partial charge in [0.05, 0.1) is 0 Å². The Balaban J connectivity index is 3.28. The minimum atomic E-state index is 0.349. The molecule has 0 aromatic rings. The molecule has 2 heteroatoms. The average molecular weight is 187 g/mol.